The van der Waals surface area contributed by atoms with Gasteiger partial charge in [-0.15, -0.1) is 0 Å². The lowest BCUT2D eigenvalue weighted by molar-refractivity contribution is -0.139. The highest BCUT2D eigenvalue weighted by molar-refractivity contribution is 6.00. The van der Waals surface area contributed by atoms with E-state index in [0.717, 1.165) is 32.1 Å². The van der Waals surface area contributed by atoms with Crippen LogP contribution in [0, 0.1) is 30.6 Å². The van der Waals surface area contributed by atoms with E-state index in [1.807, 2.05) is 41.5 Å². The lowest BCUT2D eigenvalue weighted by Gasteiger charge is -2.34. The number of amides is 10. The maximum absolute atomic E-state index is 14.4. The van der Waals surface area contributed by atoms with Crippen LogP contribution in [0.2, 0.25) is 0 Å². The summed E-state index contributed by atoms with van der Waals surface area (Å²) in [4.78, 5) is 145. The molecule has 0 bridgehead atoms. The van der Waals surface area contributed by atoms with Crippen LogP contribution in [-0.4, -0.2) is 167 Å². The van der Waals surface area contributed by atoms with E-state index in [1.54, 1.807) is 6.92 Å². The van der Waals surface area contributed by atoms with Crippen molar-refractivity contribution in [2.45, 2.75) is 227 Å². The van der Waals surface area contributed by atoms with Crippen molar-refractivity contribution < 1.29 is 61.1 Å². The standard InChI is InChI=1S/C58H98F2N12O11/c1-34(2)29-40(48(75)66-42(31-36(5)6)50(77)69-58(12,13)55(82)70-56(8,9)53(80)62-25-24-46(73)61-26-28-71(14)32-45(59)60)67-54(81)57(10,11)68-49(76)41(30-35(3)4)65-47(74)39(23-22-38-19-16-15-17-20-38)64-51(78)44-21-18-27-72(44)52(79)43-33-83-37(7)63-43/h33-36,38-42,44-45H,15-32H2,1-14H3,(H,61,73)(H,62,80)(H,64,78)(H,65,74)(H,66,75)(H,67,81)(H,68,76)(H,69,77)(H,70,82)/t39-,40-,41-,42-,44-/m0/s1. The molecule has 23 nitrogen and oxygen atoms in total. The van der Waals surface area contributed by atoms with E-state index >= 15 is 0 Å². The van der Waals surface area contributed by atoms with Crippen molar-refractivity contribution >= 4 is 59.1 Å². The van der Waals surface area contributed by atoms with Gasteiger partial charge in [0.2, 0.25) is 53.2 Å². The molecule has 0 radical (unpaired) electrons. The van der Waals surface area contributed by atoms with Crippen LogP contribution in [0.5, 0.6) is 0 Å². The van der Waals surface area contributed by atoms with E-state index in [2.05, 4.69) is 52.8 Å². The number of likely N-dealkylation sites (tertiary alicyclic amines) is 1. The van der Waals surface area contributed by atoms with Gasteiger partial charge in [0.05, 0.1) is 6.54 Å². The lowest BCUT2D eigenvalue weighted by Crippen LogP contribution is -2.65. The molecule has 470 valence electrons. The Balaban J connectivity index is 1.71. The zero-order chi connectivity index (χ0) is 62.6. The van der Waals surface area contributed by atoms with Crippen LogP contribution in [0.1, 0.15) is 183 Å². The van der Waals surface area contributed by atoms with Crippen LogP contribution in [0.4, 0.5) is 8.78 Å². The molecule has 3 rings (SSSR count). The summed E-state index contributed by atoms with van der Waals surface area (Å²) in [5.74, 6) is -5.88. The second kappa shape index (κ2) is 32.7. The van der Waals surface area contributed by atoms with Crippen LogP contribution in [-0.2, 0) is 43.2 Å². The molecule has 83 heavy (non-hydrogen) atoms. The summed E-state index contributed by atoms with van der Waals surface area (Å²) in [6.45, 7) is 21.5. The summed E-state index contributed by atoms with van der Waals surface area (Å²) in [7, 11) is 1.50. The molecule has 9 N–H and O–H groups in total. The Morgan fingerprint density at radius 2 is 1.16 bits per heavy atom. The van der Waals surface area contributed by atoms with Crippen molar-refractivity contribution in [3.05, 3.63) is 17.8 Å². The predicted octanol–water partition coefficient (Wildman–Crippen LogP) is 3.53. The molecule has 2 heterocycles. The predicted molar refractivity (Wildman–Crippen MR) is 308 cm³/mol. The number of nitrogens with zero attached hydrogens (tertiary/aromatic N) is 3. The van der Waals surface area contributed by atoms with Gasteiger partial charge in [0, 0.05) is 39.5 Å². The molecule has 2 aliphatic rings. The van der Waals surface area contributed by atoms with E-state index in [9.17, 15) is 56.7 Å². The Morgan fingerprint density at radius 3 is 1.67 bits per heavy atom. The molecule has 10 amide bonds. The monoisotopic (exact) mass is 1180 g/mol. The van der Waals surface area contributed by atoms with Gasteiger partial charge in [-0.2, -0.15) is 0 Å². The van der Waals surface area contributed by atoms with Crippen molar-refractivity contribution in [2.24, 2.45) is 23.7 Å². The molecule has 25 heteroatoms. The quantitative estimate of drug-likeness (QED) is 0.0487. The largest absolute Gasteiger partial charge is 0.448 e. The van der Waals surface area contributed by atoms with Gasteiger partial charge in [0.15, 0.2) is 11.6 Å². The first kappa shape index (κ1) is 71.0. The van der Waals surface area contributed by atoms with Crippen LogP contribution in [0.25, 0.3) is 0 Å². The van der Waals surface area contributed by atoms with Crippen molar-refractivity contribution in [2.75, 3.05) is 39.8 Å². The third-order valence-electron chi connectivity index (χ3n) is 14.8. The van der Waals surface area contributed by atoms with E-state index in [0.29, 0.717) is 44.0 Å². The van der Waals surface area contributed by atoms with Gasteiger partial charge in [-0.1, -0.05) is 73.6 Å². The maximum Gasteiger partial charge on any atom is 0.276 e. The summed E-state index contributed by atoms with van der Waals surface area (Å²) in [6.07, 6.45) is 6.25. The van der Waals surface area contributed by atoms with Crippen molar-refractivity contribution in [3.8, 4) is 0 Å². The summed E-state index contributed by atoms with van der Waals surface area (Å²) < 4.78 is 30.4. The van der Waals surface area contributed by atoms with E-state index in [4.69, 9.17) is 4.42 Å². The number of aryl methyl sites for hydroxylation is 1. The first-order valence-electron chi connectivity index (χ1n) is 29.6. The molecule has 1 aromatic rings. The molecular weight excluding hydrogens is 1080 g/mol. The second-order valence-electron chi connectivity index (χ2n) is 25.4. The van der Waals surface area contributed by atoms with Crippen LogP contribution in [0.15, 0.2) is 10.7 Å². The average Bonchev–Trinajstić information content (AvgIpc) is 4.16. The second-order valence-corrected chi connectivity index (χ2v) is 25.4. The van der Waals surface area contributed by atoms with Gasteiger partial charge in [0.1, 0.15) is 53.1 Å². The Morgan fingerprint density at radius 1 is 0.639 bits per heavy atom. The minimum absolute atomic E-state index is 0.0795. The van der Waals surface area contributed by atoms with Gasteiger partial charge in [-0.05, 0) is 117 Å². The highest BCUT2D eigenvalue weighted by atomic mass is 19.3. The number of halogens is 2. The molecule has 1 aliphatic carbocycles. The number of carbonyl (C=O) groups is 10. The van der Waals surface area contributed by atoms with Crippen molar-refractivity contribution in [1.82, 2.24) is 62.6 Å². The van der Waals surface area contributed by atoms with Crippen molar-refractivity contribution in [1.29, 1.82) is 0 Å². The molecule has 0 aromatic carbocycles. The zero-order valence-corrected chi connectivity index (χ0v) is 51.7. The molecular formula is C58H98F2N12O11. The van der Waals surface area contributed by atoms with Crippen LogP contribution >= 0.6 is 0 Å². The molecule has 5 atom stereocenters. The summed E-state index contributed by atoms with van der Waals surface area (Å²) in [6, 6.07) is -5.44. The summed E-state index contributed by atoms with van der Waals surface area (Å²) >= 11 is 0. The molecule has 1 aromatic heterocycles. The summed E-state index contributed by atoms with van der Waals surface area (Å²) in [5, 5.41) is 24.6. The Hall–Kier alpha value is -6.27. The Kier molecular flexibility index (Phi) is 28.0. The van der Waals surface area contributed by atoms with E-state index in [-0.39, 0.29) is 68.8 Å². The third kappa shape index (κ3) is 24.1. The molecule has 1 saturated carbocycles. The molecule has 0 spiro atoms. The number of rotatable bonds is 33. The fourth-order valence-corrected chi connectivity index (χ4v) is 10.0. The Labute approximate surface area is 489 Å². The molecule has 1 aliphatic heterocycles. The third-order valence-corrected chi connectivity index (χ3v) is 14.8. The number of likely N-dealkylation sites (N-methyl/N-ethyl adjacent to an activating group) is 1. The van der Waals surface area contributed by atoms with Crippen LogP contribution < -0.4 is 47.9 Å². The fourth-order valence-electron chi connectivity index (χ4n) is 10.0. The molecule has 1 saturated heterocycles. The zero-order valence-electron chi connectivity index (χ0n) is 51.7. The smallest absolute Gasteiger partial charge is 0.276 e. The number of hydrogen-bond acceptors (Lipinski definition) is 13. The topological polar surface area (TPSA) is 311 Å². The minimum Gasteiger partial charge on any atom is -0.448 e. The van der Waals surface area contributed by atoms with Gasteiger partial charge < -0.3 is 57.2 Å². The van der Waals surface area contributed by atoms with Gasteiger partial charge >= 0.3 is 0 Å². The maximum atomic E-state index is 14.4. The highest BCUT2D eigenvalue weighted by Crippen LogP contribution is 2.28. The van der Waals surface area contributed by atoms with Gasteiger partial charge in [-0.25, -0.2) is 13.8 Å². The first-order valence-corrected chi connectivity index (χ1v) is 29.6. The number of hydrogen-bond donors (Lipinski definition) is 9. The minimum atomic E-state index is -2.51. The summed E-state index contributed by atoms with van der Waals surface area (Å²) in [5.41, 5.74) is -4.73. The normalized spacial score (nSPS) is 16.7. The number of nitrogens with one attached hydrogen (secondary N) is 9. The van der Waals surface area contributed by atoms with Crippen LogP contribution in [0.3, 0.4) is 0 Å². The number of oxazole rings is 1. The number of carbonyl (C=O) groups excluding carboxylic acids is 10. The number of alkyl halides is 2. The average molecular weight is 1180 g/mol. The fraction of sp³-hybridized carbons (Fsp3) is 0.776. The highest BCUT2D eigenvalue weighted by Gasteiger charge is 2.42. The van der Waals surface area contributed by atoms with Crippen molar-refractivity contribution in [3.63, 3.8) is 0 Å². The first-order chi connectivity index (χ1) is 38.6. The lowest BCUT2D eigenvalue weighted by atomic mass is 9.85. The van der Waals surface area contributed by atoms with E-state index < -0.39 is 119 Å². The Bertz CT molecular complexity index is 2370. The van der Waals surface area contributed by atoms with Gasteiger partial charge in [0.25, 0.3) is 12.3 Å². The van der Waals surface area contributed by atoms with Gasteiger partial charge in [-0.3, -0.25) is 52.8 Å². The molecule has 2 fully saturated rings. The SMILES string of the molecule is Cc1nc(C(=O)N2CCC[C@H]2C(=O)N[C@@H](CCC2CCCCC2)C(=O)N[C@@H](CC(C)C)C(=O)NC(C)(C)C(=O)N[C@@H](CC(C)C)C(=O)N[C@@H](CC(C)C)C(=O)NC(C)(C)C(=O)NC(C)(C)C(=O)NCCC(=O)NCCN(C)CC(F)F)co1. The molecule has 0 unspecified atom stereocenters. The van der Waals surface area contributed by atoms with E-state index in [1.165, 1.54) is 64.7 Å². The number of aromatic nitrogens is 1.